The number of hydrogen-bond acceptors (Lipinski definition) is 3. The molecule has 0 heterocycles. The molecule has 3 nitrogen and oxygen atoms in total. The van der Waals surface area contributed by atoms with Gasteiger partial charge in [-0.1, -0.05) is 30.3 Å². The molecule has 18 heavy (non-hydrogen) atoms. The molecule has 0 amide bonds. The van der Waals surface area contributed by atoms with Gasteiger partial charge in [-0.3, -0.25) is 0 Å². The van der Waals surface area contributed by atoms with Crippen LogP contribution in [0.5, 0.6) is 5.75 Å². The van der Waals surface area contributed by atoms with Gasteiger partial charge in [-0.15, -0.1) is 0 Å². The number of rotatable bonds is 3. The summed E-state index contributed by atoms with van der Waals surface area (Å²) in [4.78, 5) is 11.6. The van der Waals surface area contributed by atoms with Crippen LogP contribution in [0.15, 0.2) is 48.5 Å². The molecule has 0 aromatic heterocycles. The van der Waals surface area contributed by atoms with Crippen molar-refractivity contribution in [2.45, 2.75) is 0 Å². The topological polar surface area (TPSA) is 35.5 Å². The first-order valence-electron chi connectivity index (χ1n) is 5.57. The van der Waals surface area contributed by atoms with E-state index in [1.165, 1.54) is 7.11 Å². The van der Waals surface area contributed by atoms with Crippen molar-refractivity contribution in [3.8, 4) is 16.9 Å². The van der Waals surface area contributed by atoms with Crippen LogP contribution >= 0.6 is 0 Å². The fourth-order valence-corrected chi connectivity index (χ4v) is 1.75. The van der Waals surface area contributed by atoms with E-state index in [4.69, 9.17) is 9.47 Å². The zero-order valence-corrected chi connectivity index (χ0v) is 10.3. The van der Waals surface area contributed by atoms with E-state index < -0.39 is 0 Å². The van der Waals surface area contributed by atoms with Gasteiger partial charge < -0.3 is 9.47 Å². The summed E-state index contributed by atoms with van der Waals surface area (Å²) in [5.41, 5.74) is 2.44. The number of carbonyl (C=O) groups excluding carboxylic acids is 1. The molecule has 0 N–H and O–H groups in total. The van der Waals surface area contributed by atoms with Crippen LogP contribution in [-0.4, -0.2) is 20.2 Å². The monoisotopic (exact) mass is 242 g/mol. The first kappa shape index (κ1) is 12.2. The standard InChI is InChI=1S/C15H14O3/c1-17-14-9-12(11-6-4-3-5-7-11)8-13(10-14)15(16)18-2/h3-10H,1-2H3. The van der Waals surface area contributed by atoms with Crippen molar-refractivity contribution in [2.24, 2.45) is 0 Å². The maximum Gasteiger partial charge on any atom is 0.338 e. The summed E-state index contributed by atoms with van der Waals surface area (Å²) in [7, 11) is 2.94. The second kappa shape index (κ2) is 5.36. The molecule has 0 fully saturated rings. The highest BCUT2D eigenvalue weighted by molar-refractivity contribution is 5.91. The van der Waals surface area contributed by atoms with Crippen molar-refractivity contribution in [3.05, 3.63) is 54.1 Å². The third-order valence-corrected chi connectivity index (χ3v) is 2.67. The van der Waals surface area contributed by atoms with Crippen LogP contribution in [-0.2, 0) is 4.74 Å². The highest BCUT2D eigenvalue weighted by Crippen LogP contribution is 2.26. The predicted molar refractivity (Wildman–Crippen MR) is 69.8 cm³/mol. The van der Waals surface area contributed by atoms with Gasteiger partial charge >= 0.3 is 5.97 Å². The predicted octanol–water partition coefficient (Wildman–Crippen LogP) is 3.15. The largest absolute Gasteiger partial charge is 0.497 e. The maximum atomic E-state index is 11.6. The van der Waals surface area contributed by atoms with Gasteiger partial charge in [0.15, 0.2) is 0 Å². The summed E-state index contributed by atoms with van der Waals surface area (Å²) in [6, 6.07) is 15.2. The molecule has 2 aromatic carbocycles. The van der Waals surface area contributed by atoms with Crippen LogP contribution in [0.2, 0.25) is 0 Å². The highest BCUT2D eigenvalue weighted by Gasteiger charge is 2.10. The van der Waals surface area contributed by atoms with Crippen molar-refractivity contribution in [3.63, 3.8) is 0 Å². The molecular weight excluding hydrogens is 228 g/mol. The normalized spacial score (nSPS) is 9.89. The minimum absolute atomic E-state index is 0.369. The zero-order valence-electron chi connectivity index (χ0n) is 10.3. The van der Waals surface area contributed by atoms with Gasteiger partial charge in [0.25, 0.3) is 0 Å². The average molecular weight is 242 g/mol. The molecule has 2 rings (SSSR count). The molecule has 0 atom stereocenters. The van der Waals surface area contributed by atoms with Crippen LogP contribution in [0.25, 0.3) is 11.1 Å². The van der Waals surface area contributed by atoms with Crippen molar-refractivity contribution >= 4 is 5.97 Å². The lowest BCUT2D eigenvalue weighted by Crippen LogP contribution is -2.02. The molecular formula is C15H14O3. The van der Waals surface area contributed by atoms with E-state index in [-0.39, 0.29) is 5.97 Å². The number of carbonyl (C=O) groups is 1. The van der Waals surface area contributed by atoms with Crippen molar-refractivity contribution in [2.75, 3.05) is 14.2 Å². The SMILES string of the molecule is COC(=O)c1cc(OC)cc(-c2ccccc2)c1. The van der Waals surface area contributed by atoms with E-state index in [9.17, 15) is 4.79 Å². The van der Waals surface area contributed by atoms with Crippen molar-refractivity contribution < 1.29 is 14.3 Å². The fraction of sp³-hybridized carbons (Fsp3) is 0.133. The lowest BCUT2D eigenvalue weighted by molar-refractivity contribution is 0.0600. The Morgan fingerprint density at radius 1 is 0.944 bits per heavy atom. The third kappa shape index (κ3) is 2.51. The van der Waals surface area contributed by atoms with Crippen molar-refractivity contribution in [1.82, 2.24) is 0 Å². The van der Waals surface area contributed by atoms with E-state index in [1.54, 1.807) is 19.2 Å². The molecule has 0 bridgehead atoms. The van der Waals surface area contributed by atoms with Gasteiger partial charge in [0.2, 0.25) is 0 Å². The van der Waals surface area contributed by atoms with Crippen LogP contribution < -0.4 is 4.74 Å². The summed E-state index contributed by atoms with van der Waals surface area (Å²) in [5.74, 6) is 0.267. The molecule has 92 valence electrons. The Morgan fingerprint density at radius 3 is 2.28 bits per heavy atom. The number of methoxy groups -OCH3 is 2. The molecule has 3 heteroatoms. The second-order valence-electron chi connectivity index (χ2n) is 3.81. The number of hydrogen-bond donors (Lipinski definition) is 0. The smallest absolute Gasteiger partial charge is 0.338 e. The van der Waals surface area contributed by atoms with Gasteiger partial charge in [-0.25, -0.2) is 4.79 Å². The Morgan fingerprint density at radius 2 is 1.67 bits per heavy atom. The molecule has 0 spiro atoms. The van der Waals surface area contributed by atoms with Gasteiger partial charge in [-0.2, -0.15) is 0 Å². The van der Waals surface area contributed by atoms with Gasteiger partial charge in [0.1, 0.15) is 5.75 Å². The molecule has 0 aliphatic carbocycles. The summed E-state index contributed by atoms with van der Waals surface area (Å²) in [5, 5.41) is 0. The number of benzene rings is 2. The summed E-state index contributed by atoms with van der Waals surface area (Å²) in [6.45, 7) is 0. The average Bonchev–Trinajstić information content (AvgIpc) is 2.46. The molecule has 0 saturated heterocycles. The summed E-state index contributed by atoms with van der Waals surface area (Å²) >= 11 is 0. The summed E-state index contributed by atoms with van der Waals surface area (Å²) < 4.78 is 9.94. The lowest BCUT2D eigenvalue weighted by atomic mass is 10.0. The van der Waals surface area contributed by atoms with Crippen LogP contribution in [0, 0.1) is 0 Å². The molecule has 0 aliphatic heterocycles. The molecule has 0 aliphatic rings. The Kier molecular flexibility index (Phi) is 3.63. The molecule has 2 aromatic rings. The molecule has 0 saturated carbocycles. The third-order valence-electron chi connectivity index (χ3n) is 2.67. The van der Waals surface area contributed by atoms with Crippen LogP contribution in [0.3, 0.4) is 0 Å². The highest BCUT2D eigenvalue weighted by atomic mass is 16.5. The zero-order chi connectivity index (χ0) is 13.0. The Hall–Kier alpha value is -2.29. The summed E-state index contributed by atoms with van der Waals surface area (Å²) in [6.07, 6.45) is 0. The Labute approximate surface area is 106 Å². The first-order chi connectivity index (χ1) is 8.74. The maximum absolute atomic E-state index is 11.6. The minimum atomic E-state index is -0.369. The van der Waals surface area contributed by atoms with E-state index >= 15 is 0 Å². The van der Waals surface area contributed by atoms with E-state index in [0.29, 0.717) is 11.3 Å². The molecule has 0 unspecified atom stereocenters. The van der Waals surface area contributed by atoms with Crippen molar-refractivity contribution in [1.29, 1.82) is 0 Å². The number of ether oxygens (including phenoxy) is 2. The minimum Gasteiger partial charge on any atom is -0.497 e. The fourth-order valence-electron chi connectivity index (χ4n) is 1.75. The Balaban J connectivity index is 2.51. The second-order valence-corrected chi connectivity index (χ2v) is 3.81. The van der Waals surface area contributed by atoms with E-state index in [0.717, 1.165) is 11.1 Å². The number of esters is 1. The van der Waals surface area contributed by atoms with Gasteiger partial charge in [0.05, 0.1) is 19.8 Å². The Bertz CT molecular complexity index is 547. The van der Waals surface area contributed by atoms with E-state index in [1.807, 2.05) is 36.4 Å². The first-order valence-corrected chi connectivity index (χ1v) is 5.57. The molecule has 0 radical (unpaired) electrons. The van der Waals surface area contributed by atoms with E-state index in [2.05, 4.69) is 0 Å². The van der Waals surface area contributed by atoms with Gasteiger partial charge in [-0.05, 0) is 29.3 Å². The van der Waals surface area contributed by atoms with Gasteiger partial charge in [0, 0.05) is 0 Å². The van der Waals surface area contributed by atoms with Crippen LogP contribution in [0.4, 0.5) is 0 Å². The quantitative estimate of drug-likeness (QED) is 0.775. The van der Waals surface area contributed by atoms with Crippen LogP contribution in [0.1, 0.15) is 10.4 Å². The lowest BCUT2D eigenvalue weighted by Gasteiger charge is -2.08.